The highest BCUT2D eigenvalue weighted by Crippen LogP contribution is 2.28. The standard InChI is InChI=1S/C22H21ClN2OS.C2HF3O2/c1-25-10-2-3-15-6-9-20(11-17(15)13-25)24-22(26)21-12-18(14-27-21)16-4-7-19(23)8-5-16;3-2(4,5)1(6)7/h4-9,11-12,14H,2-3,10,13H2,1H3,(H,24,26);(H,6,7). The number of anilines is 1. The van der Waals surface area contributed by atoms with Crippen molar-refractivity contribution in [3.8, 4) is 11.1 Å². The van der Waals surface area contributed by atoms with Gasteiger partial charge >= 0.3 is 12.1 Å². The average molecular weight is 511 g/mol. The van der Waals surface area contributed by atoms with Gasteiger partial charge in [-0.15, -0.1) is 11.3 Å². The third-order valence-electron chi connectivity index (χ3n) is 5.13. The number of aliphatic carboxylic acids is 1. The number of nitrogens with one attached hydrogen (secondary N) is 1. The molecule has 0 saturated carbocycles. The summed E-state index contributed by atoms with van der Waals surface area (Å²) >= 11 is 7.41. The molecular weight excluding hydrogens is 489 g/mol. The number of benzene rings is 2. The predicted octanol–water partition coefficient (Wildman–Crippen LogP) is 6.33. The Kier molecular flexibility index (Phi) is 8.35. The molecule has 180 valence electrons. The highest BCUT2D eigenvalue weighted by molar-refractivity contribution is 7.12. The molecule has 4 rings (SSSR count). The summed E-state index contributed by atoms with van der Waals surface area (Å²) in [5.41, 5.74) is 5.64. The van der Waals surface area contributed by atoms with E-state index < -0.39 is 12.1 Å². The molecule has 0 bridgehead atoms. The van der Waals surface area contributed by atoms with Crippen LogP contribution in [0.1, 0.15) is 27.2 Å². The molecule has 0 atom stereocenters. The fraction of sp³-hybridized carbons (Fsp3) is 0.250. The van der Waals surface area contributed by atoms with Crippen molar-refractivity contribution in [2.45, 2.75) is 25.6 Å². The van der Waals surface area contributed by atoms with Crippen LogP contribution in [0, 0.1) is 0 Å². The summed E-state index contributed by atoms with van der Waals surface area (Å²) in [6.07, 6.45) is -2.80. The van der Waals surface area contributed by atoms with Crippen LogP contribution in [0.4, 0.5) is 18.9 Å². The topological polar surface area (TPSA) is 69.6 Å². The minimum atomic E-state index is -5.08. The normalized spacial score (nSPS) is 13.8. The number of carboxylic acids is 1. The van der Waals surface area contributed by atoms with Gasteiger partial charge < -0.3 is 15.3 Å². The fourth-order valence-electron chi connectivity index (χ4n) is 3.45. The van der Waals surface area contributed by atoms with Crippen molar-refractivity contribution in [2.75, 3.05) is 18.9 Å². The summed E-state index contributed by atoms with van der Waals surface area (Å²) in [4.78, 5) is 24.6. The van der Waals surface area contributed by atoms with Crippen molar-refractivity contribution < 1.29 is 27.9 Å². The quantitative estimate of drug-likeness (QED) is 0.432. The highest BCUT2D eigenvalue weighted by Gasteiger charge is 2.38. The van der Waals surface area contributed by atoms with Gasteiger partial charge in [0.15, 0.2) is 0 Å². The van der Waals surface area contributed by atoms with E-state index in [0.29, 0.717) is 9.90 Å². The summed E-state index contributed by atoms with van der Waals surface area (Å²) in [5, 5.41) is 12.9. The molecule has 5 nitrogen and oxygen atoms in total. The lowest BCUT2D eigenvalue weighted by atomic mass is 10.0. The van der Waals surface area contributed by atoms with E-state index >= 15 is 0 Å². The number of carbonyl (C=O) groups is 2. The van der Waals surface area contributed by atoms with Crippen LogP contribution in [0.15, 0.2) is 53.9 Å². The molecule has 0 radical (unpaired) electrons. The minimum Gasteiger partial charge on any atom is -0.475 e. The van der Waals surface area contributed by atoms with Crippen LogP contribution in [0.3, 0.4) is 0 Å². The Morgan fingerprint density at radius 2 is 1.74 bits per heavy atom. The molecule has 10 heteroatoms. The number of carboxylic acid groups (broad SMARTS) is 1. The molecule has 3 aromatic rings. The number of thiophene rings is 1. The van der Waals surface area contributed by atoms with E-state index in [9.17, 15) is 18.0 Å². The van der Waals surface area contributed by atoms with Crippen molar-refractivity contribution in [1.29, 1.82) is 0 Å². The molecule has 0 saturated heterocycles. The summed E-state index contributed by atoms with van der Waals surface area (Å²) in [6.45, 7) is 2.04. The Morgan fingerprint density at radius 1 is 1.06 bits per heavy atom. The first-order valence-corrected chi connectivity index (χ1v) is 11.5. The number of aryl methyl sites for hydroxylation is 1. The van der Waals surface area contributed by atoms with Crippen LogP contribution in [-0.2, 0) is 17.8 Å². The Hall–Kier alpha value is -2.88. The lowest BCUT2D eigenvalue weighted by Gasteiger charge is -2.14. The van der Waals surface area contributed by atoms with Crippen molar-refractivity contribution in [3.05, 3.63) is 74.9 Å². The molecule has 0 fully saturated rings. The van der Waals surface area contributed by atoms with Crippen LogP contribution >= 0.6 is 22.9 Å². The molecule has 0 spiro atoms. The summed E-state index contributed by atoms with van der Waals surface area (Å²) in [6, 6.07) is 15.9. The first-order chi connectivity index (χ1) is 16.0. The smallest absolute Gasteiger partial charge is 0.475 e. The molecular formula is C24H22ClF3N2O3S. The largest absolute Gasteiger partial charge is 0.490 e. The number of nitrogens with zero attached hydrogens (tertiary/aromatic N) is 1. The molecule has 2 heterocycles. The van der Waals surface area contributed by atoms with Crippen LogP contribution in [0.2, 0.25) is 5.02 Å². The number of halogens is 4. The number of hydrogen-bond acceptors (Lipinski definition) is 4. The predicted molar refractivity (Wildman–Crippen MR) is 128 cm³/mol. The van der Waals surface area contributed by atoms with E-state index in [4.69, 9.17) is 21.5 Å². The van der Waals surface area contributed by atoms with Gasteiger partial charge in [0.1, 0.15) is 0 Å². The van der Waals surface area contributed by atoms with Gasteiger partial charge in [0.05, 0.1) is 4.88 Å². The van der Waals surface area contributed by atoms with Crippen LogP contribution in [0.5, 0.6) is 0 Å². The molecule has 1 aromatic heterocycles. The second-order valence-corrected chi connectivity index (χ2v) is 9.14. The molecule has 1 aliphatic rings. The molecule has 34 heavy (non-hydrogen) atoms. The monoisotopic (exact) mass is 510 g/mol. The maximum absolute atomic E-state index is 12.7. The van der Waals surface area contributed by atoms with Crippen molar-refractivity contribution in [2.24, 2.45) is 0 Å². The van der Waals surface area contributed by atoms with E-state index in [1.54, 1.807) is 0 Å². The number of fused-ring (bicyclic) bond motifs is 1. The fourth-order valence-corrected chi connectivity index (χ4v) is 4.38. The zero-order valence-corrected chi connectivity index (χ0v) is 19.7. The van der Waals surface area contributed by atoms with E-state index in [1.165, 1.54) is 28.9 Å². The summed E-state index contributed by atoms with van der Waals surface area (Å²) in [5.74, 6) is -2.82. The van der Waals surface area contributed by atoms with Gasteiger partial charge in [-0.3, -0.25) is 4.79 Å². The van der Waals surface area contributed by atoms with Gasteiger partial charge in [-0.05, 0) is 84.4 Å². The first-order valence-electron chi connectivity index (χ1n) is 10.3. The van der Waals surface area contributed by atoms with Gasteiger partial charge in [0.25, 0.3) is 5.91 Å². The number of amides is 1. The second-order valence-electron chi connectivity index (χ2n) is 7.79. The van der Waals surface area contributed by atoms with Crippen molar-refractivity contribution in [1.82, 2.24) is 4.90 Å². The maximum Gasteiger partial charge on any atom is 0.490 e. The van der Waals surface area contributed by atoms with Gasteiger partial charge in [0.2, 0.25) is 0 Å². The highest BCUT2D eigenvalue weighted by atomic mass is 35.5. The maximum atomic E-state index is 12.7. The van der Waals surface area contributed by atoms with E-state index in [0.717, 1.165) is 36.3 Å². The van der Waals surface area contributed by atoms with Gasteiger partial charge in [0, 0.05) is 17.3 Å². The Labute approximate surface area is 203 Å². The Morgan fingerprint density at radius 3 is 2.38 bits per heavy atom. The number of hydrogen-bond donors (Lipinski definition) is 2. The molecule has 0 unspecified atom stereocenters. The zero-order chi connectivity index (χ0) is 24.9. The molecule has 1 aliphatic heterocycles. The van der Waals surface area contributed by atoms with E-state index in [-0.39, 0.29) is 5.91 Å². The van der Waals surface area contributed by atoms with Gasteiger partial charge in [-0.25, -0.2) is 4.79 Å². The third-order valence-corrected chi connectivity index (χ3v) is 6.31. The second kappa shape index (κ2) is 11.0. The Balaban J connectivity index is 0.000000406. The number of alkyl halides is 3. The Bertz CT molecular complexity index is 1160. The lowest BCUT2D eigenvalue weighted by Crippen LogP contribution is -2.21. The van der Waals surface area contributed by atoms with Gasteiger partial charge in [-0.2, -0.15) is 13.2 Å². The SMILES string of the molecule is CN1CCCc2ccc(NC(=O)c3cc(-c4ccc(Cl)cc4)cs3)cc2C1.O=C(O)C(F)(F)F. The molecule has 2 aromatic carbocycles. The van der Waals surface area contributed by atoms with E-state index in [2.05, 4.69) is 29.4 Å². The third kappa shape index (κ3) is 7.06. The summed E-state index contributed by atoms with van der Waals surface area (Å²) < 4.78 is 31.7. The first kappa shape index (κ1) is 25.7. The van der Waals surface area contributed by atoms with Crippen molar-refractivity contribution >= 4 is 40.5 Å². The van der Waals surface area contributed by atoms with Crippen LogP contribution in [0.25, 0.3) is 11.1 Å². The molecule has 0 aliphatic carbocycles. The lowest BCUT2D eigenvalue weighted by molar-refractivity contribution is -0.192. The van der Waals surface area contributed by atoms with Crippen molar-refractivity contribution in [3.63, 3.8) is 0 Å². The van der Waals surface area contributed by atoms with Crippen LogP contribution in [-0.4, -0.2) is 41.7 Å². The molecule has 1 amide bonds. The number of rotatable bonds is 3. The molecule has 2 N–H and O–H groups in total. The van der Waals surface area contributed by atoms with Gasteiger partial charge in [-0.1, -0.05) is 29.8 Å². The van der Waals surface area contributed by atoms with E-state index in [1.807, 2.05) is 41.8 Å². The zero-order valence-electron chi connectivity index (χ0n) is 18.2. The minimum absolute atomic E-state index is 0.0675. The number of carbonyl (C=O) groups excluding carboxylic acids is 1. The van der Waals surface area contributed by atoms with Crippen LogP contribution < -0.4 is 5.32 Å². The summed E-state index contributed by atoms with van der Waals surface area (Å²) in [7, 11) is 2.14. The average Bonchev–Trinajstić information content (AvgIpc) is 3.18.